The first-order valence-corrected chi connectivity index (χ1v) is 13.6. The number of benzene rings is 2. The van der Waals surface area contributed by atoms with E-state index in [0.717, 1.165) is 18.4 Å². The van der Waals surface area contributed by atoms with E-state index in [4.69, 9.17) is 9.47 Å². The normalized spacial score (nSPS) is 20.9. The number of allylic oxidation sites excluding steroid dienone is 1. The zero-order valence-electron chi connectivity index (χ0n) is 22.8. The van der Waals surface area contributed by atoms with E-state index >= 15 is 0 Å². The van der Waals surface area contributed by atoms with E-state index in [1.54, 1.807) is 23.1 Å². The summed E-state index contributed by atoms with van der Waals surface area (Å²) in [5.74, 6) is -0.460. The Labute approximate surface area is 234 Å². The van der Waals surface area contributed by atoms with E-state index in [0.29, 0.717) is 34.6 Å². The largest absolute Gasteiger partial charge is 0.493 e. The Balaban J connectivity index is 1.77. The molecular formula is C31H38N2O7. The third-order valence-electron chi connectivity index (χ3n) is 7.42. The average molecular weight is 551 g/mol. The van der Waals surface area contributed by atoms with Crippen molar-refractivity contribution < 1.29 is 34.4 Å². The molecule has 0 aromatic heterocycles. The van der Waals surface area contributed by atoms with Gasteiger partial charge in [0, 0.05) is 30.6 Å². The van der Waals surface area contributed by atoms with Gasteiger partial charge in [0.15, 0.2) is 11.5 Å². The molecule has 0 spiro atoms. The van der Waals surface area contributed by atoms with E-state index in [2.05, 4.69) is 11.9 Å². The van der Waals surface area contributed by atoms with E-state index in [9.17, 15) is 24.9 Å². The molecule has 2 amide bonds. The maximum Gasteiger partial charge on any atom is 0.247 e. The summed E-state index contributed by atoms with van der Waals surface area (Å²) in [7, 11) is 1.48. The fourth-order valence-electron chi connectivity index (χ4n) is 5.47. The Morgan fingerprint density at radius 2 is 1.93 bits per heavy atom. The summed E-state index contributed by atoms with van der Waals surface area (Å²) in [5.41, 5.74) is 2.40. The summed E-state index contributed by atoms with van der Waals surface area (Å²) >= 11 is 0. The van der Waals surface area contributed by atoms with Gasteiger partial charge in [0.05, 0.1) is 32.3 Å². The lowest BCUT2D eigenvalue weighted by molar-refractivity contribution is -0.138. The highest BCUT2D eigenvalue weighted by molar-refractivity contribution is 5.96. The maximum absolute atomic E-state index is 13.6. The number of nitrogens with zero attached hydrogens (tertiary/aromatic N) is 1. The highest BCUT2D eigenvalue weighted by atomic mass is 16.5. The molecule has 0 unspecified atom stereocenters. The molecule has 4 atom stereocenters. The molecule has 4 rings (SSSR count). The minimum atomic E-state index is -1.16. The van der Waals surface area contributed by atoms with Gasteiger partial charge in [-0.05, 0) is 48.6 Å². The van der Waals surface area contributed by atoms with Crippen LogP contribution in [0.15, 0.2) is 66.8 Å². The number of aliphatic hydroxyl groups excluding tert-OH is 3. The Morgan fingerprint density at radius 1 is 1.15 bits per heavy atom. The molecule has 9 heteroatoms. The van der Waals surface area contributed by atoms with Crippen LogP contribution in [0, 0.1) is 0 Å². The second-order valence-corrected chi connectivity index (χ2v) is 10.1. The van der Waals surface area contributed by atoms with Crippen LogP contribution in [0.3, 0.4) is 0 Å². The monoisotopic (exact) mass is 550 g/mol. The molecule has 1 aliphatic heterocycles. The van der Waals surface area contributed by atoms with Gasteiger partial charge < -0.3 is 35.0 Å². The predicted molar refractivity (Wildman–Crippen MR) is 150 cm³/mol. The number of hydrogen-bond donors (Lipinski definition) is 4. The summed E-state index contributed by atoms with van der Waals surface area (Å²) in [6.07, 6.45) is 4.02. The van der Waals surface area contributed by atoms with Crippen LogP contribution in [0.25, 0.3) is 0 Å². The standard InChI is InChI=1S/C31H38N2O7/c1-3-4-5-9-12-26(36)33(18-20-10-7-6-8-11-20)24-17-23(31(38)32-13-14-34)27-22-15-21(19-35)16-25(39-2)29(22)40-30(27)28(24)37/h3,6-8,10-11,15-17,24,27-28,30,34-35,37H,1,4-5,9,12-14,18-19H2,2H3,(H,32,38)/t24-,27+,28+,30+/m1/s1. The quantitative estimate of drug-likeness (QED) is 0.223. The van der Waals surface area contributed by atoms with Crippen molar-refractivity contribution in [1.29, 1.82) is 0 Å². The van der Waals surface area contributed by atoms with Crippen molar-refractivity contribution in [2.24, 2.45) is 0 Å². The van der Waals surface area contributed by atoms with Crippen molar-refractivity contribution in [3.8, 4) is 11.5 Å². The van der Waals surface area contributed by atoms with Crippen molar-refractivity contribution in [1.82, 2.24) is 10.2 Å². The van der Waals surface area contributed by atoms with Crippen LogP contribution < -0.4 is 14.8 Å². The van der Waals surface area contributed by atoms with Crippen molar-refractivity contribution in [2.45, 2.75) is 63.0 Å². The second kappa shape index (κ2) is 13.6. The molecule has 40 heavy (non-hydrogen) atoms. The van der Waals surface area contributed by atoms with Crippen molar-refractivity contribution in [2.75, 3.05) is 20.3 Å². The zero-order valence-corrected chi connectivity index (χ0v) is 22.8. The molecular weight excluding hydrogens is 512 g/mol. The van der Waals surface area contributed by atoms with Crippen molar-refractivity contribution in [3.05, 3.63) is 83.5 Å². The number of amides is 2. The first-order chi connectivity index (χ1) is 19.4. The summed E-state index contributed by atoms with van der Waals surface area (Å²) in [4.78, 5) is 28.7. The van der Waals surface area contributed by atoms with E-state index in [1.807, 2.05) is 36.4 Å². The molecule has 0 bridgehead atoms. The van der Waals surface area contributed by atoms with Gasteiger partial charge in [-0.1, -0.05) is 36.4 Å². The van der Waals surface area contributed by atoms with Crippen LogP contribution >= 0.6 is 0 Å². The van der Waals surface area contributed by atoms with Crippen LogP contribution in [-0.2, 0) is 22.7 Å². The number of aliphatic hydroxyl groups is 3. The van der Waals surface area contributed by atoms with Gasteiger partial charge in [0.25, 0.3) is 0 Å². The van der Waals surface area contributed by atoms with Gasteiger partial charge in [0.2, 0.25) is 11.8 Å². The van der Waals surface area contributed by atoms with Gasteiger partial charge in [-0.25, -0.2) is 0 Å². The molecule has 0 fully saturated rings. The third kappa shape index (κ3) is 6.22. The highest BCUT2D eigenvalue weighted by Gasteiger charge is 2.51. The number of carbonyl (C=O) groups is 2. The number of methoxy groups -OCH3 is 1. The number of carbonyl (C=O) groups excluding carboxylic acids is 2. The van der Waals surface area contributed by atoms with E-state index < -0.39 is 30.1 Å². The number of rotatable bonds is 13. The molecule has 4 N–H and O–H groups in total. The summed E-state index contributed by atoms with van der Waals surface area (Å²) in [6.45, 7) is 3.55. The van der Waals surface area contributed by atoms with Gasteiger partial charge in [0.1, 0.15) is 12.2 Å². The van der Waals surface area contributed by atoms with Gasteiger partial charge in [-0.2, -0.15) is 0 Å². The van der Waals surface area contributed by atoms with Crippen LogP contribution in [0.4, 0.5) is 0 Å². The molecule has 9 nitrogen and oxygen atoms in total. The summed E-state index contributed by atoms with van der Waals surface area (Å²) in [6, 6.07) is 12.1. The Kier molecular flexibility index (Phi) is 9.98. The lowest BCUT2D eigenvalue weighted by atomic mass is 9.77. The third-order valence-corrected chi connectivity index (χ3v) is 7.42. The topological polar surface area (TPSA) is 129 Å². The second-order valence-electron chi connectivity index (χ2n) is 10.1. The highest BCUT2D eigenvalue weighted by Crippen LogP contribution is 2.51. The fraction of sp³-hybridized carbons (Fsp3) is 0.419. The molecule has 0 saturated heterocycles. The molecule has 2 aromatic rings. The van der Waals surface area contributed by atoms with Crippen LogP contribution in [0.1, 0.15) is 48.3 Å². The average Bonchev–Trinajstić information content (AvgIpc) is 3.37. The van der Waals surface area contributed by atoms with Crippen LogP contribution in [0.5, 0.6) is 11.5 Å². The zero-order chi connectivity index (χ0) is 28.6. The lowest BCUT2D eigenvalue weighted by Gasteiger charge is -2.41. The number of fused-ring (bicyclic) bond motifs is 3. The van der Waals surface area contributed by atoms with Crippen molar-refractivity contribution >= 4 is 11.8 Å². The number of nitrogens with one attached hydrogen (secondary N) is 1. The molecule has 2 aliphatic rings. The summed E-state index contributed by atoms with van der Waals surface area (Å²) < 4.78 is 11.8. The molecule has 0 saturated carbocycles. The predicted octanol–water partition coefficient (Wildman–Crippen LogP) is 2.59. The Bertz CT molecular complexity index is 1230. The molecule has 0 radical (unpaired) electrons. The minimum absolute atomic E-state index is 0.0461. The lowest BCUT2D eigenvalue weighted by Crippen LogP contribution is -2.55. The van der Waals surface area contributed by atoms with Gasteiger partial charge >= 0.3 is 0 Å². The molecule has 1 aliphatic carbocycles. The van der Waals surface area contributed by atoms with Crippen LogP contribution in [-0.4, -0.2) is 70.5 Å². The Morgan fingerprint density at radius 3 is 2.60 bits per heavy atom. The summed E-state index contributed by atoms with van der Waals surface area (Å²) in [5, 5.41) is 33.6. The number of ether oxygens (including phenoxy) is 2. The number of unbranched alkanes of at least 4 members (excludes halogenated alkanes) is 2. The first kappa shape index (κ1) is 29.3. The van der Waals surface area contributed by atoms with Crippen molar-refractivity contribution in [3.63, 3.8) is 0 Å². The number of hydrogen-bond acceptors (Lipinski definition) is 7. The molecule has 214 valence electrons. The van der Waals surface area contributed by atoms with E-state index in [-0.39, 0.29) is 38.6 Å². The molecule has 2 aromatic carbocycles. The smallest absolute Gasteiger partial charge is 0.247 e. The first-order valence-electron chi connectivity index (χ1n) is 13.6. The van der Waals surface area contributed by atoms with Gasteiger partial charge in [-0.3, -0.25) is 9.59 Å². The van der Waals surface area contributed by atoms with Crippen LogP contribution in [0.2, 0.25) is 0 Å². The maximum atomic E-state index is 13.6. The van der Waals surface area contributed by atoms with E-state index in [1.165, 1.54) is 7.11 Å². The fourth-order valence-corrected chi connectivity index (χ4v) is 5.47. The minimum Gasteiger partial charge on any atom is -0.493 e. The molecule has 1 heterocycles. The SMILES string of the molecule is C=CCCCCC(=O)N(Cc1ccccc1)[C@@H]1C=C(C(=O)NCCO)[C@@H]2c3cc(CO)cc(OC)c3O[C@@H]2[C@H]1O. The Hall–Kier alpha value is -3.66. The van der Waals surface area contributed by atoms with Gasteiger partial charge in [-0.15, -0.1) is 6.58 Å².